The van der Waals surface area contributed by atoms with Gasteiger partial charge in [-0.2, -0.15) is 0 Å². The molecule has 0 spiro atoms. The van der Waals surface area contributed by atoms with Crippen molar-refractivity contribution in [1.29, 1.82) is 0 Å². The maximum Gasteiger partial charge on any atom is 0.0547 e. The van der Waals surface area contributed by atoms with Crippen LogP contribution >= 0.6 is 0 Å². The molecule has 0 aliphatic rings. The van der Waals surface area contributed by atoms with Crippen LogP contribution in [0.3, 0.4) is 0 Å². The van der Waals surface area contributed by atoms with E-state index in [0.717, 1.165) is 11.1 Å². The van der Waals surface area contributed by atoms with E-state index in [1.807, 2.05) is 12.4 Å². The molecule has 0 saturated heterocycles. The van der Waals surface area contributed by atoms with E-state index < -0.39 is 0 Å². The van der Waals surface area contributed by atoms with Crippen molar-refractivity contribution in [3.05, 3.63) is 134 Å². The Balaban J connectivity index is 1.52. The van der Waals surface area contributed by atoms with Gasteiger partial charge in [-0.3, -0.25) is 4.98 Å². The Kier molecular flexibility index (Phi) is 4.49. The van der Waals surface area contributed by atoms with Crippen LogP contribution in [0, 0.1) is 0 Å². The maximum absolute atomic E-state index is 4.35. The van der Waals surface area contributed by atoms with Crippen molar-refractivity contribution in [1.82, 2.24) is 9.55 Å². The Morgan fingerprint density at radius 1 is 0.486 bits per heavy atom. The van der Waals surface area contributed by atoms with Gasteiger partial charge in [0, 0.05) is 34.2 Å². The van der Waals surface area contributed by atoms with Crippen molar-refractivity contribution in [2.24, 2.45) is 0 Å². The number of rotatable bonds is 3. The first-order chi connectivity index (χ1) is 17.4. The zero-order valence-electron chi connectivity index (χ0n) is 19.1. The van der Waals surface area contributed by atoms with E-state index in [-0.39, 0.29) is 0 Å². The second-order valence-corrected chi connectivity index (χ2v) is 8.90. The summed E-state index contributed by atoms with van der Waals surface area (Å²) in [6.07, 6.45) is 3.84. The average Bonchev–Trinajstić information content (AvgIpc) is 3.28. The van der Waals surface area contributed by atoms with E-state index in [1.165, 1.54) is 49.4 Å². The van der Waals surface area contributed by atoms with Crippen LogP contribution in [0.5, 0.6) is 0 Å². The number of benzene rings is 5. The van der Waals surface area contributed by atoms with Crippen LogP contribution in [-0.2, 0) is 0 Å². The normalized spacial score (nSPS) is 11.4. The van der Waals surface area contributed by atoms with E-state index in [9.17, 15) is 0 Å². The van der Waals surface area contributed by atoms with Gasteiger partial charge in [0.05, 0.1) is 11.0 Å². The Morgan fingerprint density at radius 3 is 1.89 bits per heavy atom. The van der Waals surface area contributed by atoms with E-state index in [0.29, 0.717) is 0 Å². The molecule has 0 radical (unpaired) electrons. The first-order valence-electron chi connectivity index (χ1n) is 11.9. The molecule has 35 heavy (non-hydrogen) atoms. The molecule has 0 aliphatic heterocycles. The second kappa shape index (κ2) is 7.96. The van der Waals surface area contributed by atoms with E-state index in [4.69, 9.17) is 0 Å². The molecule has 7 aromatic rings. The molecular formula is C33H22N2. The summed E-state index contributed by atoms with van der Waals surface area (Å²) in [5.41, 5.74) is 8.45. The molecular weight excluding hydrogens is 424 g/mol. The highest BCUT2D eigenvalue weighted by atomic mass is 15.0. The van der Waals surface area contributed by atoms with Gasteiger partial charge in [-0.05, 0) is 58.0 Å². The van der Waals surface area contributed by atoms with Gasteiger partial charge in [-0.25, -0.2) is 0 Å². The zero-order chi connectivity index (χ0) is 23.2. The smallest absolute Gasteiger partial charge is 0.0547 e. The minimum atomic E-state index is 1.16. The van der Waals surface area contributed by atoms with E-state index in [1.54, 1.807) is 0 Å². The van der Waals surface area contributed by atoms with Crippen LogP contribution in [0.1, 0.15) is 0 Å². The average molecular weight is 447 g/mol. The van der Waals surface area contributed by atoms with Crippen LogP contribution in [0.15, 0.2) is 134 Å². The molecule has 0 saturated carbocycles. The third-order valence-electron chi connectivity index (χ3n) is 6.89. The molecule has 0 fully saturated rings. The number of hydrogen-bond donors (Lipinski definition) is 0. The Hall–Kier alpha value is -4.69. The molecule has 7 rings (SSSR count). The number of pyridine rings is 1. The van der Waals surface area contributed by atoms with Gasteiger partial charge in [0.25, 0.3) is 0 Å². The zero-order valence-corrected chi connectivity index (χ0v) is 19.1. The molecule has 0 amide bonds. The number of aromatic nitrogens is 2. The van der Waals surface area contributed by atoms with Crippen LogP contribution < -0.4 is 0 Å². The molecule has 0 aliphatic carbocycles. The molecule has 0 bridgehead atoms. The van der Waals surface area contributed by atoms with Crippen molar-refractivity contribution in [3.8, 4) is 27.9 Å². The maximum atomic E-state index is 4.35. The number of fused-ring (bicyclic) bond motifs is 5. The fourth-order valence-corrected chi connectivity index (χ4v) is 5.21. The molecule has 5 aromatic carbocycles. The summed E-state index contributed by atoms with van der Waals surface area (Å²) in [5, 5.41) is 4.91. The van der Waals surface area contributed by atoms with Crippen molar-refractivity contribution >= 4 is 32.6 Å². The highest BCUT2D eigenvalue weighted by molar-refractivity contribution is 6.21. The minimum absolute atomic E-state index is 1.16. The summed E-state index contributed by atoms with van der Waals surface area (Å²) in [6, 6.07) is 43.4. The largest absolute Gasteiger partial charge is 0.309 e. The quantitative estimate of drug-likeness (QED) is 0.265. The lowest BCUT2D eigenvalue weighted by Gasteiger charge is -2.10. The van der Waals surface area contributed by atoms with Gasteiger partial charge in [0.15, 0.2) is 0 Å². The summed E-state index contributed by atoms with van der Waals surface area (Å²) < 4.78 is 2.39. The van der Waals surface area contributed by atoms with Gasteiger partial charge >= 0.3 is 0 Å². The lowest BCUT2D eigenvalue weighted by Crippen LogP contribution is -1.94. The van der Waals surface area contributed by atoms with Crippen LogP contribution in [0.4, 0.5) is 0 Å². The summed E-state index contributed by atoms with van der Waals surface area (Å²) >= 11 is 0. The van der Waals surface area contributed by atoms with Gasteiger partial charge in [0.2, 0.25) is 0 Å². The highest BCUT2D eigenvalue weighted by Gasteiger charge is 2.16. The van der Waals surface area contributed by atoms with Crippen LogP contribution in [0.2, 0.25) is 0 Å². The van der Waals surface area contributed by atoms with Gasteiger partial charge in [-0.15, -0.1) is 0 Å². The second-order valence-electron chi connectivity index (χ2n) is 8.90. The fourth-order valence-electron chi connectivity index (χ4n) is 5.21. The predicted molar refractivity (Wildman–Crippen MR) is 147 cm³/mol. The Labute approximate surface area is 203 Å². The Morgan fingerprint density at radius 2 is 1.14 bits per heavy atom. The summed E-state index contributed by atoms with van der Waals surface area (Å²) in [7, 11) is 0. The molecule has 2 aromatic heterocycles. The lowest BCUT2D eigenvalue weighted by molar-refractivity contribution is 1.18. The molecule has 0 atom stereocenters. The molecule has 2 heteroatoms. The molecule has 164 valence electrons. The number of nitrogens with zero attached hydrogens (tertiary/aromatic N) is 2. The van der Waals surface area contributed by atoms with Crippen molar-refractivity contribution < 1.29 is 0 Å². The summed E-state index contributed by atoms with van der Waals surface area (Å²) in [4.78, 5) is 4.35. The van der Waals surface area contributed by atoms with E-state index in [2.05, 4.69) is 131 Å². The molecule has 2 heterocycles. The molecule has 0 unspecified atom stereocenters. The van der Waals surface area contributed by atoms with Crippen molar-refractivity contribution in [2.75, 3.05) is 0 Å². The summed E-state index contributed by atoms with van der Waals surface area (Å²) in [5.74, 6) is 0. The highest BCUT2D eigenvalue weighted by Crippen LogP contribution is 2.38. The molecule has 2 nitrogen and oxygen atoms in total. The summed E-state index contributed by atoms with van der Waals surface area (Å²) in [6.45, 7) is 0. The Bertz CT molecular complexity index is 1810. The predicted octanol–water partition coefficient (Wildman–Crippen LogP) is 8.67. The van der Waals surface area contributed by atoms with Crippen molar-refractivity contribution in [3.63, 3.8) is 0 Å². The SMILES string of the molecule is c1ccc(-c2ccc(-n3c4cc(-c5ccccc5)ccc4c4c5ccncc5ccc43)cc2)cc1. The van der Waals surface area contributed by atoms with Crippen LogP contribution in [0.25, 0.3) is 60.5 Å². The third-order valence-corrected chi connectivity index (χ3v) is 6.89. The van der Waals surface area contributed by atoms with Gasteiger partial charge in [-0.1, -0.05) is 91.0 Å². The standard InChI is InChI=1S/C33H22N2/c1-3-7-23(8-4-1)25-11-15-28(16-12-25)35-31-18-14-27-22-34-20-19-29(27)33(31)30-17-13-26(21-32(30)35)24-9-5-2-6-10-24/h1-22H. The first-order valence-corrected chi connectivity index (χ1v) is 11.9. The lowest BCUT2D eigenvalue weighted by atomic mass is 10.0. The third kappa shape index (κ3) is 3.23. The minimum Gasteiger partial charge on any atom is -0.309 e. The van der Waals surface area contributed by atoms with Gasteiger partial charge in [0.1, 0.15) is 0 Å². The molecule has 0 N–H and O–H groups in total. The monoisotopic (exact) mass is 446 g/mol. The topological polar surface area (TPSA) is 17.8 Å². The first kappa shape index (κ1) is 19.7. The fraction of sp³-hybridized carbons (Fsp3) is 0. The van der Waals surface area contributed by atoms with E-state index >= 15 is 0 Å². The number of hydrogen-bond acceptors (Lipinski definition) is 1. The van der Waals surface area contributed by atoms with Crippen LogP contribution in [-0.4, -0.2) is 9.55 Å². The van der Waals surface area contributed by atoms with Gasteiger partial charge < -0.3 is 4.57 Å². The van der Waals surface area contributed by atoms with Crippen molar-refractivity contribution in [2.45, 2.75) is 0 Å².